The maximum Gasteiger partial charge on any atom is 0.0404 e. The first-order valence-corrected chi connectivity index (χ1v) is 5.61. The third-order valence-electron chi connectivity index (χ3n) is 2.32. The summed E-state index contributed by atoms with van der Waals surface area (Å²) in [6, 6.07) is 0. The van der Waals surface area contributed by atoms with Crippen molar-refractivity contribution < 1.29 is 0 Å². The Morgan fingerprint density at radius 3 is 2.69 bits per heavy atom. The molecule has 0 aromatic heterocycles. The molecule has 0 aromatic rings. The van der Waals surface area contributed by atoms with Gasteiger partial charge in [0.15, 0.2) is 0 Å². The molecule has 3 heteroatoms. The number of nitrogens with one attached hydrogen (secondary N) is 1. The lowest BCUT2D eigenvalue weighted by molar-refractivity contribution is 0.338. The predicted molar refractivity (Wildman–Crippen MR) is 58.4 cm³/mol. The normalized spacial score (nSPS) is 18.8. The number of likely N-dealkylation sites (tertiary alicyclic amines) is 1. The topological polar surface area (TPSA) is 15.3 Å². The van der Waals surface area contributed by atoms with Crippen molar-refractivity contribution >= 4 is 11.6 Å². The van der Waals surface area contributed by atoms with Gasteiger partial charge in [-0.05, 0) is 25.9 Å². The first kappa shape index (κ1) is 11.0. The van der Waals surface area contributed by atoms with Gasteiger partial charge in [-0.15, -0.1) is 11.6 Å². The van der Waals surface area contributed by atoms with Crippen molar-refractivity contribution in [3.05, 3.63) is 12.2 Å². The second-order valence-corrected chi connectivity index (χ2v) is 3.69. The molecular formula is C10H19ClN2. The van der Waals surface area contributed by atoms with Crippen LogP contribution in [-0.4, -0.2) is 43.5 Å². The fourth-order valence-corrected chi connectivity index (χ4v) is 1.70. The molecule has 0 aliphatic carbocycles. The molecule has 1 aliphatic rings. The molecule has 0 amide bonds. The molecule has 0 radical (unpaired) electrons. The average Bonchev–Trinajstić information content (AvgIpc) is 2.63. The second-order valence-electron chi connectivity index (χ2n) is 3.38. The van der Waals surface area contributed by atoms with Gasteiger partial charge in [-0.1, -0.05) is 12.2 Å². The number of hydrogen-bond acceptors (Lipinski definition) is 2. The smallest absolute Gasteiger partial charge is 0.0404 e. The highest BCUT2D eigenvalue weighted by molar-refractivity contribution is 6.18. The maximum absolute atomic E-state index is 5.50. The van der Waals surface area contributed by atoms with E-state index in [1.165, 1.54) is 32.5 Å². The van der Waals surface area contributed by atoms with Crippen molar-refractivity contribution in [1.29, 1.82) is 0 Å². The summed E-state index contributed by atoms with van der Waals surface area (Å²) in [5, 5.41) is 3.36. The summed E-state index contributed by atoms with van der Waals surface area (Å²) < 4.78 is 0. The summed E-state index contributed by atoms with van der Waals surface area (Å²) in [6.45, 7) is 5.81. The molecule has 1 rings (SSSR count). The van der Waals surface area contributed by atoms with Crippen LogP contribution in [0.15, 0.2) is 12.2 Å². The third kappa shape index (κ3) is 5.29. The third-order valence-corrected chi connectivity index (χ3v) is 2.50. The minimum Gasteiger partial charge on any atom is -0.312 e. The van der Waals surface area contributed by atoms with Crippen LogP contribution < -0.4 is 5.32 Å². The van der Waals surface area contributed by atoms with Gasteiger partial charge in [-0.3, -0.25) is 0 Å². The fraction of sp³-hybridized carbons (Fsp3) is 0.800. The Morgan fingerprint density at radius 1 is 1.23 bits per heavy atom. The van der Waals surface area contributed by atoms with Crippen LogP contribution in [0.25, 0.3) is 0 Å². The zero-order valence-corrected chi connectivity index (χ0v) is 8.89. The van der Waals surface area contributed by atoms with Crippen molar-refractivity contribution in [3.63, 3.8) is 0 Å². The van der Waals surface area contributed by atoms with Gasteiger partial charge in [-0.25, -0.2) is 0 Å². The van der Waals surface area contributed by atoms with Gasteiger partial charge >= 0.3 is 0 Å². The van der Waals surface area contributed by atoms with Crippen LogP contribution in [0.4, 0.5) is 0 Å². The maximum atomic E-state index is 5.50. The van der Waals surface area contributed by atoms with Crippen LogP contribution >= 0.6 is 11.6 Å². The summed E-state index contributed by atoms with van der Waals surface area (Å²) in [5.41, 5.74) is 0. The van der Waals surface area contributed by atoms with Gasteiger partial charge in [0, 0.05) is 25.5 Å². The molecule has 0 bridgehead atoms. The van der Waals surface area contributed by atoms with Crippen LogP contribution in [0.3, 0.4) is 0 Å². The van der Waals surface area contributed by atoms with Crippen molar-refractivity contribution in [2.45, 2.75) is 12.8 Å². The SMILES string of the molecule is ClC/C=C/CNCCN1CCCC1. The van der Waals surface area contributed by atoms with Gasteiger partial charge in [0.1, 0.15) is 0 Å². The minimum atomic E-state index is 0.619. The average molecular weight is 203 g/mol. The van der Waals surface area contributed by atoms with E-state index in [0.29, 0.717) is 5.88 Å². The number of alkyl halides is 1. The number of nitrogens with zero attached hydrogens (tertiary/aromatic N) is 1. The molecule has 1 saturated heterocycles. The van der Waals surface area contributed by atoms with E-state index in [9.17, 15) is 0 Å². The van der Waals surface area contributed by atoms with E-state index in [4.69, 9.17) is 11.6 Å². The van der Waals surface area contributed by atoms with E-state index in [0.717, 1.165) is 13.1 Å². The molecular weight excluding hydrogens is 184 g/mol. The predicted octanol–water partition coefficient (Wildman–Crippen LogP) is 1.47. The number of halogens is 1. The highest BCUT2D eigenvalue weighted by Crippen LogP contribution is 2.05. The van der Waals surface area contributed by atoms with Gasteiger partial charge in [0.2, 0.25) is 0 Å². The van der Waals surface area contributed by atoms with Crippen LogP contribution in [0, 0.1) is 0 Å². The molecule has 0 spiro atoms. The summed E-state index contributed by atoms with van der Waals surface area (Å²) >= 11 is 5.50. The Balaban J connectivity index is 1.86. The summed E-state index contributed by atoms with van der Waals surface area (Å²) in [7, 11) is 0. The molecule has 0 atom stereocenters. The number of allylic oxidation sites excluding steroid dienone is 1. The van der Waals surface area contributed by atoms with E-state index in [1.54, 1.807) is 0 Å². The molecule has 0 saturated carbocycles. The Morgan fingerprint density at radius 2 is 2.00 bits per heavy atom. The van der Waals surface area contributed by atoms with Crippen LogP contribution in [-0.2, 0) is 0 Å². The number of hydrogen-bond donors (Lipinski definition) is 1. The molecule has 2 nitrogen and oxygen atoms in total. The first-order valence-electron chi connectivity index (χ1n) is 5.07. The highest BCUT2D eigenvalue weighted by Gasteiger charge is 2.09. The molecule has 1 heterocycles. The zero-order chi connectivity index (χ0) is 9.36. The molecule has 1 fully saturated rings. The Bertz CT molecular complexity index is 142. The number of rotatable bonds is 6. The monoisotopic (exact) mass is 202 g/mol. The van der Waals surface area contributed by atoms with E-state index in [-0.39, 0.29) is 0 Å². The molecule has 13 heavy (non-hydrogen) atoms. The lowest BCUT2D eigenvalue weighted by Gasteiger charge is -2.13. The van der Waals surface area contributed by atoms with E-state index in [1.807, 2.05) is 6.08 Å². The molecule has 1 aliphatic heterocycles. The van der Waals surface area contributed by atoms with Crippen molar-refractivity contribution in [2.75, 3.05) is 38.6 Å². The minimum absolute atomic E-state index is 0.619. The van der Waals surface area contributed by atoms with Gasteiger partial charge in [-0.2, -0.15) is 0 Å². The zero-order valence-electron chi connectivity index (χ0n) is 8.14. The highest BCUT2D eigenvalue weighted by atomic mass is 35.5. The lowest BCUT2D eigenvalue weighted by atomic mass is 10.4. The largest absolute Gasteiger partial charge is 0.312 e. The fourth-order valence-electron chi connectivity index (χ4n) is 1.58. The van der Waals surface area contributed by atoms with Crippen molar-refractivity contribution in [3.8, 4) is 0 Å². The second kappa shape index (κ2) is 7.36. The quantitative estimate of drug-likeness (QED) is 0.399. The summed E-state index contributed by atoms with van der Waals surface area (Å²) in [5.74, 6) is 0.619. The van der Waals surface area contributed by atoms with E-state index >= 15 is 0 Å². The van der Waals surface area contributed by atoms with E-state index < -0.39 is 0 Å². The lowest BCUT2D eigenvalue weighted by Crippen LogP contribution is -2.29. The molecule has 1 N–H and O–H groups in total. The van der Waals surface area contributed by atoms with Gasteiger partial charge in [0.05, 0.1) is 0 Å². The Hall–Kier alpha value is -0.0500. The van der Waals surface area contributed by atoms with Crippen molar-refractivity contribution in [2.24, 2.45) is 0 Å². The molecule has 0 unspecified atom stereocenters. The van der Waals surface area contributed by atoms with Crippen LogP contribution in [0.5, 0.6) is 0 Å². The van der Waals surface area contributed by atoms with Gasteiger partial charge in [0.25, 0.3) is 0 Å². The summed E-state index contributed by atoms with van der Waals surface area (Å²) in [4.78, 5) is 2.51. The molecule has 76 valence electrons. The standard InChI is InChI=1S/C10H19ClN2/c11-5-1-2-6-12-7-10-13-8-3-4-9-13/h1-2,12H,3-10H2/b2-1+. The Kier molecular flexibility index (Phi) is 6.25. The van der Waals surface area contributed by atoms with Gasteiger partial charge < -0.3 is 10.2 Å². The van der Waals surface area contributed by atoms with Crippen LogP contribution in [0.1, 0.15) is 12.8 Å². The van der Waals surface area contributed by atoms with Crippen molar-refractivity contribution in [1.82, 2.24) is 10.2 Å². The summed E-state index contributed by atoms with van der Waals surface area (Å²) in [6.07, 6.45) is 6.82. The Labute approximate surface area is 85.9 Å². The van der Waals surface area contributed by atoms with Crippen LogP contribution in [0.2, 0.25) is 0 Å². The first-order chi connectivity index (χ1) is 6.43. The van der Waals surface area contributed by atoms with E-state index in [2.05, 4.69) is 16.3 Å². The molecule has 0 aromatic carbocycles.